The molecule has 0 radical (unpaired) electrons. The Labute approximate surface area is 138 Å². The van der Waals surface area contributed by atoms with Crippen molar-refractivity contribution < 1.29 is 12.8 Å². The van der Waals surface area contributed by atoms with Crippen LogP contribution in [-0.4, -0.2) is 18.6 Å². The molecule has 0 aliphatic heterocycles. The number of hydrogen-bond acceptors (Lipinski definition) is 6. The molecule has 120 valence electrons. The maximum atomic E-state index is 12.1. The summed E-state index contributed by atoms with van der Waals surface area (Å²) in [7, 11) is -3.47. The fraction of sp³-hybridized carbons (Fsp3) is 0.200. The molecule has 8 heteroatoms. The summed E-state index contributed by atoms with van der Waals surface area (Å²) in [5.41, 5.74) is 1.82. The van der Waals surface area contributed by atoms with Gasteiger partial charge in [0.15, 0.2) is 0 Å². The molecule has 1 aromatic carbocycles. The highest BCUT2D eigenvalue weighted by Crippen LogP contribution is 2.22. The minimum absolute atomic E-state index is 0.0213. The van der Waals surface area contributed by atoms with Crippen molar-refractivity contribution in [3.05, 3.63) is 58.8 Å². The van der Waals surface area contributed by atoms with E-state index >= 15 is 0 Å². The second-order valence-electron chi connectivity index (χ2n) is 5.04. The molecule has 0 unspecified atom stereocenters. The smallest absolute Gasteiger partial charge is 0.257 e. The number of thiophene rings is 1. The molecule has 6 nitrogen and oxygen atoms in total. The number of nitrogens with zero attached hydrogens (tertiary/aromatic N) is 2. The molecule has 2 aromatic heterocycles. The number of rotatable bonds is 6. The summed E-state index contributed by atoms with van der Waals surface area (Å²) in [6, 6.07) is 11.1. The van der Waals surface area contributed by atoms with Gasteiger partial charge < -0.3 is 4.42 Å². The first-order chi connectivity index (χ1) is 11.0. The number of aryl methyl sites for hydroxylation is 1. The van der Waals surface area contributed by atoms with Crippen LogP contribution in [0.15, 0.2) is 46.2 Å². The van der Waals surface area contributed by atoms with Crippen LogP contribution < -0.4 is 4.72 Å². The average molecular weight is 349 g/mol. The van der Waals surface area contributed by atoms with Gasteiger partial charge in [-0.05, 0) is 23.9 Å². The Morgan fingerprint density at radius 3 is 2.65 bits per heavy atom. The second-order valence-corrected chi connectivity index (χ2v) is 7.80. The highest BCUT2D eigenvalue weighted by Gasteiger charge is 2.15. The van der Waals surface area contributed by atoms with Gasteiger partial charge in [-0.1, -0.05) is 35.9 Å². The SMILES string of the molecule is Cc1ccc(CS(=O)(=O)NCc2nnc(-c3cccs3)o2)cc1. The molecule has 0 aliphatic carbocycles. The van der Waals surface area contributed by atoms with Crippen LogP contribution in [0.25, 0.3) is 10.8 Å². The lowest BCUT2D eigenvalue weighted by molar-refractivity contribution is 0.495. The van der Waals surface area contributed by atoms with Gasteiger partial charge in [0, 0.05) is 0 Å². The lowest BCUT2D eigenvalue weighted by Gasteiger charge is -2.05. The van der Waals surface area contributed by atoms with E-state index in [1.54, 1.807) is 12.1 Å². The topological polar surface area (TPSA) is 85.1 Å². The molecule has 0 saturated heterocycles. The van der Waals surface area contributed by atoms with Crippen LogP contribution in [0.3, 0.4) is 0 Å². The Kier molecular flexibility index (Phi) is 4.56. The zero-order valence-electron chi connectivity index (χ0n) is 12.4. The lowest BCUT2D eigenvalue weighted by atomic mass is 10.2. The monoisotopic (exact) mass is 349 g/mol. The van der Waals surface area contributed by atoms with Crippen molar-refractivity contribution in [3.63, 3.8) is 0 Å². The van der Waals surface area contributed by atoms with Crippen molar-refractivity contribution in [2.75, 3.05) is 0 Å². The van der Waals surface area contributed by atoms with Gasteiger partial charge in [-0.3, -0.25) is 0 Å². The predicted molar refractivity (Wildman–Crippen MR) is 88.3 cm³/mol. The zero-order valence-corrected chi connectivity index (χ0v) is 14.0. The molecule has 0 aliphatic rings. The normalized spacial score (nSPS) is 11.7. The summed E-state index contributed by atoms with van der Waals surface area (Å²) in [4.78, 5) is 0.853. The summed E-state index contributed by atoms with van der Waals surface area (Å²) in [5.74, 6) is 0.549. The Morgan fingerprint density at radius 2 is 1.96 bits per heavy atom. The van der Waals surface area contributed by atoms with Gasteiger partial charge in [-0.15, -0.1) is 21.5 Å². The van der Waals surface area contributed by atoms with Gasteiger partial charge >= 0.3 is 0 Å². The molecule has 1 N–H and O–H groups in total. The van der Waals surface area contributed by atoms with Gasteiger partial charge in [-0.2, -0.15) is 0 Å². The third-order valence-electron chi connectivity index (χ3n) is 3.12. The molecule has 23 heavy (non-hydrogen) atoms. The largest absolute Gasteiger partial charge is 0.418 e. The maximum Gasteiger partial charge on any atom is 0.257 e. The number of aromatic nitrogens is 2. The first kappa shape index (κ1) is 15.9. The highest BCUT2D eigenvalue weighted by molar-refractivity contribution is 7.88. The standard InChI is InChI=1S/C15H15N3O3S2/c1-11-4-6-12(7-5-11)10-23(19,20)16-9-14-17-18-15(21-14)13-3-2-8-22-13/h2-8,16H,9-10H2,1H3. The number of benzene rings is 1. The van der Waals surface area contributed by atoms with E-state index in [0.717, 1.165) is 16.0 Å². The molecule has 0 saturated carbocycles. The molecule has 0 fully saturated rings. The van der Waals surface area contributed by atoms with E-state index in [2.05, 4.69) is 14.9 Å². The molecular weight excluding hydrogens is 334 g/mol. The van der Waals surface area contributed by atoms with Crippen molar-refractivity contribution >= 4 is 21.4 Å². The third-order valence-corrected chi connectivity index (χ3v) is 5.27. The van der Waals surface area contributed by atoms with Crippen LogP contribution in [0.5, 0.6) is 0 Å². The van der Waals surface area contributed by atoms with Crippen LogP contribution in [0.2, 0.25) is 0 Å². The van der Waals surface area contributed by atoms with E-state index in [0.29, 0.717) is 5.89 Å². The van der Waals surface area contributed by atoms with E-state index in [1.807, 2.05) is 36.6 Å². The number of sulfonamides is 1. The molecule has 2 heterocycles. The van der Waals surface area contributed by atoms with Gasteiger partial charge in [0.1, 0.15) is 0 Å². The zero-order chi connectivity index (χ0) is 16.3. The minimum atomic E-state index is -3.47. The number of nitrogens with one attached hydrogen (secondary N) is 1. The molecule has 0 amide bonds. The lowest BCUT2D eigenvalue weighted by Crippen LogP contribution is -2.24. The van der Waals surface area contributed by atoms with E-state index in [1.165, 1.54) is 11.3 Å². The molecule has 3 aromatic rings. The maximum absolute atomic E-state index is 12.1. The first-order valence-corrected chi connectivity index (χ1v) is 9.44. The highest BCUT2D eigenvalue weighted by atomic mass is 32.2. The minimum Gasteiger partial charge on any atom is -0.418 e. The Bertz CT molecular complexity index is 869. The molecule has 0 bridgehead atoms. The van der Waals surface area contributed by atoms with Gasteiger partial charge in [0.2, 0.25) is 15.9 Å². The third kappa shape index (κ3) is 4.25. The molecular formula is C15H15N3O3S2. The van der Waals surface area contributed by atoms with Crippen molar-refractivity contribution in [2.45, 2.75) is 19.2 Å². The van der Waals surface area contributed by atoms with Gasteiger partial charge in [-0.25, -0.2) is 13.1 Å². The number of hydrogen-bond donors (Lipinski definition) is 1. The molecule has 0 atom stereocenters. The second kappa shape index (κ2) is 6.61. The van der Waals surface area contributed by atoms with Crippen molar-refractivity contribution in [1.82, 2.24) is 14.9 Å². The molecule has 0 spiro atoms. The summed E-state index contributed by atoms with van der Waals surface area (Å²) >= 11 is 1.48. The fourth-order valence-electron chi connectivity index (χ4n) is 1.95. The van der Waals surface area contributed by atoms with E-state index in [9.17, 15) is 8.42 Å². The van der Waals surface area contributed by atoms with Gasteiger partial charge in [0.05, 0.1) is 17.2 Å². The quantitative estimate of drug-likeness (QED) is 0.739. The fourth-order valence-corrected chi connectivity index (χ4v) is 3.67. The Balaban J connectivity index is 1.62. The van der Waals surface area contributed by atoms with Crippen LogP contribution in [-0.2, 0) is 22.3 Å². The van der Waals surface area contributed by atoms with E-state index in [-0.39, 0.29) is 18.2 Å². The average Bonchev–Trinajstić information content (AvgIpc) is 3.18. The van der Waals surface area contributed by atoms with Crippen molar-refractivity contribution in [3.8, 4) is 10.8 Å². The summed E-state index contributed by atoms with van der Waals surface area (Å²) in [5, 5.41) is 9.68. The van der Waals surface area contributed by atoms with E-state index < -0.39 is 10.0 Å². The van der Waals surface area contributed by atoms with Crippen LogP contribution in [0.4, 0.5) is 0 Å². The van der Waals surface area contributed by atoms with Crippen LogP contribution in [0, 0.1) is 6.92 Å². The predicted octanol–water partition coefficient (Wildman–Crippen LogP) is 2.73. The Morgan fingerprint density at radius 1 is 1.17 bits per heavy atom. The first-order valence-electron chi connectivity index (χ1n) is 6.91. The van der Waals surface area contributed by atoms with Crippen molar-refractivity contribution in [2.24, 2.45) is 0 Å². The molecule has 3 rings (SSSR count). The summed E-state index contributed by atoms with van der Waals surface area (Å²) < 4.78 is 32.1. The van der Waals surface area contributed by atoms with Crippen LogP contribution in [0.1, 0.15) is 17.0 Å². The summed E-state index contributed by atoms with van der Waals surface area (Å²) in [6.07, 6.45) is 0. The van der Waals surface area contributed by atoms with Crippen molar-refractivity contribution in [1.29, 1.82) is 0 Å². The van der Waals surface area contributed by atoms with Crippen LogP contribution >= 0.6 is 11.3 Å². The Hall–Kier alpha value is -2.03. The van der Waals surface area contributed by atoms with E-state index in [4.69, 9.17) is 4.42 Å². The summed E-state index contributed by atoms with van der Waals surface area (Å²) in [6.45, 7) is 1.93. The van der Waals surface area contributed by atoms with Gasteiger partial charge in [0.25, 0.3) is 5.89 Å².